The molecule has 0 aromatic rings. The molecule has 1 aliphatic rings. The summed E-state index contributed by atoms with van der Waals surface area (Å²) >= 11 is 0. The molecule has 0 aliphatic carbocycles. The Morgan fingerprint density at radius 3 is 2.00 bits per heavy atom. The second-order valence-electron chi connectivity index (χ2n) is 5.91. The van der Waals surface area contributed by atoms with Crippen LogP contribution in [0.1, 0.15) is 67.2 Å². The van der Waals surface area contributed by atoms with Gasteiger partial charge in [0.1, 0.15) is 0 Å². The van der Waals surface area contributed by atoms with E-state index in [4.69, 9.17) is 9.31 Å². The fraction of sp³-hybridized carbons (Fsp3) is 0.857. The molecule has 0 spiro atoms. The van der Waals surface area contributed by atoms with E-state index < -0.39 is 0 Å². The second-order valence-corrected chi connectivity index (χ2v) is 5.91. The molecule has 0 N–H and O–H groups in total. The van der Waals surface area contributed by atoms with Crippen LogP contribution in [-0.2, 0) is 9.31 Å². The van der Waals surface area contributed by atoms with E-state index in [1.807, 2.05) is 0 Å². The van der Waals surface area contributed by atoms with Gasteiger partial charge in [-0.25, -0.2) is 0 Å². The van der Waals surface area contributed by atoms with Crippen LogP contribution in [-0.4, -0.2) is 18.3 Å². The van der Waals surface area contributed by atoms with E-state index in [0.717, 1.165) is 6.42 Å². The van der Waals surface area contributed by atoms with E-state index in [9.17, 15) is 0 Å². The highest BCUT2D eigenvalue weighted by molar-refractivity contribution is 6.54. The highest BCUT2D eigenvalue weighted by atomic mass is 16.7. The zero-order valence-corrected chi connectivity index (χ0v) is 12.3. The zero-order valence-electron chi connectivity index (χ0n) is 12.3. The van der Waals surface area contributed by atoms with Crippen LogP contribution in [0.5, 0.6) is 0 Å². The maximum Gasteiger partial charge on any atom is 0.490 e. The smallest absolute Gasteiger partial charge is 0.400 e. The van der Waals surface area contributed by atoms with Crippen molar-refractivity contribution >= 4 is 7.12 Å². The topological polar surface area (TPSA) is 18.5 Å². The van der Waals surface area contributed by atoms with E-state index in [1.54, 1.807) is 0 Å². The minimum atomic E-state index is -0.226. The summed E-state index contributed by atoms with van der Waals surface area (Å²) in [6.07, 6.45) is 6.98. The first-order valence-electron chi connectivity index (χ1n) is 6.85. The molecule has 0 saturated carbocycles. The summed E-state index contributed by atoms with van der Waals surface area (Å²) in [5.41, 5.74) is 0.838. The van der Waals surface area contributed by atoms with Crippen molar-refractivity contribution < 1.29 is 9.31 Å². The second kappa shape index (κ2) is 5.58. The maximum atomic E-state index is 6.06. The maximum absolute atomic E-state index is 6.06. The zero-order chi connectivity index (χ0) is 13.1. The monoisotopic (exact) mass is 238 g/mol. The normalized spacial score (nSPS) is 23.2. The lowest BCUT2D eigenvalue weighted by Gasteiger charge is -2.32. The van der Waals surface area contributed by atoms with E-state index in [2.05, 4.69) is 47.6 Å². The molecule has 0 atom stereocenters. The van der Waals surface area contributed by atoms with Gasteiger partial charge in [-0.1, -0.05) is 32.3 Å². The fourth-order valence-corrected chi connectivity index (χ4v) is 1.97. The van der Waals surface area contributed by atoms with Crippen LogP contribution in [0.2, 0.25) is 0 Å². The van der Waals surface area contributed by atoms with Crippen LogP contribution < -0.4 is 0 Å². The molecule has 1 aliphatic heterocycles. The van der Waals surface area contributed by atoms with Gasteiger partial charge in [-0.2, -0.15) is 0 Å². The molecule has 1 fully saturated rings. The van der Waals surface area contributed by atoms with Crippen molar-refractivity contribution in [2.24, 2.45) is 0 Å². The fourth-order valence-electron chi connectivity index (χ4n) is 1.97. The van der Waals surface area contributed by atoms with Gasteiger partial charge in [0.2, 0.25) is 0 Å². The molecular formula is C14H27BO2. The Kier molecular flexibility index (Phi) is 4.85. The lowest BCUT2D eigenvalue weighted by Crippen LogP contribution is -2.41. The van der Waals surface area contributed by atoms with Crippen molar-refractivity contribution in [2.45, 2.75) is 78.4 Å². The van der Waals surface area contributed by atoms with Crippen molar-refractivity contribution in [1.82, 2.24) is 0 Å². The molecule has 2 nitrogen and oxygen atoms in total. The summed E-state index contributed by atoms with van der Waals surface area (Å²) in [7, 11) is -0.151. The van der Waals surface area contributed by atoms with Gasteiger partial charge in [0.05, 0.1) is 11.2 Å². The number of hydrogen-bond acceptors (Lipinski definition) is 2. The summed E-state index contributed by atoms with van der Waals surface area (Å²) < 4.78 is 12.1. The van der Waals surface area contributed by atoms with E-state index in [0.29, 0.717) is 0 Å². The molecule has 17 heavy (non-hydrogen) atoms. The van der Waals surface area contributed by atoms with E-state index >= 15 is 0 Å². The van der Waals surface area contributed by atoms with Gasteiger partial charge in [0.15, 0.2) is 0 Å². The number of rotatable bonds is 5. The third-order valence-electron chi connectivity index (χ3n) is 4.00. The Morgan fingerprint density at radius 2 is 1.59 bits per heavy atom. The Morgan fingerprint density at radius 1 is 1.06 bits per heavy atom. The summed E-state index contributed by atoms with van der Waals surface area (Å²) in [6.45, 7) is 12.7. The third-order valence-corrected chi connectivity index (χ3v) is 4.00. The Hall–Kier alpha value is -0.275. The van der Waals surface area contributed by atoms with Gasteiger partial charge >= 0.3 is 7.12 Å². The first-order valence-corrected chi connectivity index (χ1v) is 6.85. The van der Waals surface area contributed by atoms with Crippen LogP contribution in [0, 0.1) is 0 Å². The largest absolute Gasteiger partial charge is 0.490 e. The third kappa shape index (κ3) is 3.35. The molecular weight excluding hydrogens is 211 g/mol. The lowest BCUT2D eigenvalue weighted by atomic mass is 9.75. The van der Waals surface area contributed by atoms with Crippen LogP contribution >= 0.6 is 0 Å². The van der Waals surface area contributed by atoms with Crippen LogP contribution in [0.4, 0.5) is 0 Å². The highest BCUT2D eigenvalue weighted by Crippen LogP contribution is 2.39. The summed E-state index contributed by atoms with van der Waals surface area (Å²) in [6, 6.07) is 0. The molecule has 0 aromatic carbocycles. The molecule has 0 radical (unpaired) electrons. The summed E-state index contributed by atoms with van der Waals surface area (Å²) in [4.78, 5) is 0. The molecule has 0 aromatic heterocycles. The van der Waals surface area contributed by atoms with Gasteiger partial charge in [0, 0.05) is 0 Å². The predicted molar refractivity (Wildman–Crippen MR) is 74.0 cm³/mol. The minimum Gasteiger partial charge on any atom is -0.400 e. The van der Waals surface area contributed by atoms with Crippen LogP contribution in [0.15, 0.2) is 11.5 Å². The van der Waals surface area contributed by atoms with Crippen molar-refractivity contribution in [3.63, 3.8) is 0 Å². The Balaban J connectivity index is 2.62. The van der Waals surface area contributed by atoms with E-state index in [1.165, 1.54) is 24.7 Å². The standard InChI is InChI=1S/C14H27BO2/c1-7-9-10-11-12(8-2)15-16-13(3,4)14(5,6)17-15/h8H,7,9-11H2,1-6H3. The van der Waals surface area contributed by atoms with Gasteiger partial charge in [-0.3, -0.25) is 0 Å². The molecule has 1 saturated heterocycles. The molecule has 0 unspecified atom stereocenters. The van der Waals surface area contributed by atoms with Crippen molar-refractivity contribution in [3.8, 4) is 0 Å². The first kappa shape index (κ1) is 14.8. The van der Waals surface area contributed by atoms with Crippen molar-refractivity contribution in [2.75, 3.05) is 0 Å². The average Bonchev–Trinajstić information content (AvgIpc) is 2.43. The minimum absolute atomic E-state index is 0.151. The predicted octanol–water partition coefficient (Wildman–Crippen LogP) is 4.14. The summed E-state index contributed by atoms with van der Waals surface area (Å²) in [5.74, 6) is 0. The Bertz CT molecular complexity index is 266. The summed E-state index contributed by atoms with van der Waals surface area (Å²) in [5, 5.41) is 0. The highest BCUT2D eigenvalue weighted by Gasteiger charge is 2.51. The molecule has 0 amide bonds. The van der Waals surface area contributed by atoms with Gasteiger partial charge < -0.3 is 9.31 Å². The van der Waals surface area contributed by atoms with Crippen LogP contribution in [0.25, 0.3) is 0 Å². The van der Waals surface area contributed by atoms with E-state index in [-0.39, 0.29) is 18.3 Å². The number of hydrogen-bond donors (Lipinski definition) is 0. The number of allylic oxidation sites excluding steroid dienone is 2. The molecule has 1 heterocycles. The van der Waals surface area contributed by atoms with Crippen LogP contribution in [0.3, 0.4) is 0 Å². The SMILES string of the molecule is CC=C(CCCCC)B1OC(C)(C)C(C)(C)O1. The van der Waals surface area contributed by atoms with Gasteiger partial charge in [0.25, 0.3) is 0 Å². The number of unbranched alkanes of at least 4 members (excludes halogenated alkanes) is 2. The van der Waals surface area contributed by atoms with Gasteiger partial charge in [-0.05, 0) is 46.5 Å². The molecule has 98 valence electrons. The van der Waals surface area contributed by atoms with Crippen molar-refractivity contribution in [3.05, 3.63) is 11.5 Å². The van der Waals surface area contributed by atoms with Crippen molar-refractivity contribution in [1.29, 1.82) is 0 Å². The van der Waals surface area contributed by atoms with Gasteiger partial charge in [-0.15, -0.1) is 0 Å². The molecule has 1 rings (SSSR count). The first-order chi connectivity index (χ1) is 7.84. The average molecular weight is 238 g/mol. The quantitative estimate of drug-likeness (QED) is 0.529. The Labute approximate surface area is 107 Å². The molecule has 0 bridgehead atoms. The molecule has 3 heteroatoms. The lowest BCUT2D eigenvalue weighted by molar-refractivity contribution is 0.00578.